The lowest BCUT2D eigenvalue weighted by Crippen LogP contribution is -2.51. The van der Waals surface area contributed by atoms with Crippen LogP contribution >= 0.6 is 11.3 Å². The van der Waals surface area contributed by atoms with Crippen LogP contribution in [-0.2, 0) is 24.4 Å². The number of hydrogen-bond donors (Lipinski definition) is 1. The first kappa shape index (κ1) is 14.8. The van der Waals surface area contributed by atoms with Crippen LogP contribution in [0.2, 0.25) is 0 Å². The molecule has 0 aromatic carbocycles. The highest BCUT2D eigenvalue weighted by Gasteiger charge is 2.43. The van der Waals surface area contributed by atoms with Gasteiger partial charge in [0.15, 0.2) is 5.82 Å². The van der Waals surface area contributed by atoms with E-state index in [9.17, 15) is 9.59 Å². The molecule has 0 bridgehead atoms. The van der Waals surface area contributed by atoms with Crippen LogP contribution in [0.4, 0.5) is 0 Å². The molecule has 0 amide bonds. The highest BCUT2D eigenvalue weighted by atomic mass is 32.1. The minimum Gasteiger partial charge on any atom is -0.364 e. The van der Waals surface area contributed by atoms with Gasteiger partial charge in [0, 0.05) is 24.5 Å². The highest BCUT2D eigenvalue weighted by molar-refractivity contribution is 7.10. The van der Waals surface area contributed by atoms with Gasteiger partial charge in [-0.2, -0.15) is 5.10 Å². The Hall–Kier alpha value is -1.77. The van der Waals surface area contributed by atoms with Crippen molar-refractivity contribution in [3.8, 4) is 0 Å². The second kappa shape index (κ2) is 5.40. The molecule has 2 aliphatic rings. The van der Waals surface area contributed by atoms with E-state index in [4.69, 9.17) is 4.74 Å². The van der Waals surface area contributed by atoms with E-state index >= 15 is 0 Å². The summed E-state index contributed by atoms with van der Waals surface area (Å²) in [6.07, 6.45) is 0.857. The predicted molar refractivity (Wildman–Crippen MR) is 85.6 cm³/mol. The van der Waals surface area contributed by atoms with Gasteiger partial charge in [0.1, 0.15) is 12.2 Å². The second-order valence-electron chi connectivity index (χ2n) is 6.32. The van der Waals surface area contributed by atoms with E-state index < -0.39 is 16.7 Å². The predicted octanol–water partition coefficient (Wildman–Crippen LogP) is 0.476. The summed E-state index contributed by atoms with van der Waals surface area (Å²) in [5, 5.41) is 8.25. The molecule has 1 saturated heterocycles. The fourth-order valence-corrected chi connectivity index (χ4v) is 4.31. The molecule has 7 nitrogen and oxygen atoms in total. The van der Waals surface area contributed by atoms with Crippen molar-refractivity contribution in [2.24, 2.45) is 0 Å². The number of aromatic nitrogens is 3. The van der Waals surface area contributed by atoms with Crippen molar-refractivity contribution in [3.05, 3.63) is 48.4 Å². The van der Waals surface area contributed by atoms with Gasteiger partial charge in [0.2, 0.25) is 0 Å². The van der Waals surface area contributed by atoms with Gasteiger partial charge in [-0.1, -0.05) is 0 Å². The molecule has 23 heavy (non-hydrogen) atoms. The molecule has 8 heteroatoms. The van der Waals surface area contributed by atoms with E-state index in [1.807, 2.05) is 0 Å². The minimum absolute atomic E-state index is 0.262. The van der Waals surface area contributed by atoms with Crippen LogP contribution in [-0.4, -0.2) is 38.4 Å². The molecular weight excluding hydrogens is 316 g/mol. The number of thiophene rings is 1. The summed E-state index contributed by atoms with van der Waals surface area (Å²) >= 11 is 1.77. The molecule has 2 aliphatic heterocycles. The van der Waals surface area contributed by atoms with Crippen LogP contribution in [0.3, 0.4) is 0 Å². The summed E-state index contributed by atoms with van der Waals surface area (Å²) in [5.41, 5.74) is -0.282. The lowest BCUT2D eigenvalue weighted by atomic mass is 10.0. The van der Waals surface area contributed by atoms with Crippen molar-refractivity contribution in [2.45, 2.75) is 38.6 Å². The molecule has 4 heterocycles. The molecular formula is C15H18N4O3S. The Kier molecular flexibility index (Phi) is 3.47. The number of likely N-dealkylation sites (tertiary alicyclic amines) is 1. The van der Waals surface area contributed by atoms with Gasteiger partial charge >= 0.3 is 11.1 Å². The van der Waals surface area contributed by atoms with Crippen LogP contribution in [0.15, 0.2) is 21.0 Å². The fourth-order valence-electron chi connectivity index (χ4n) is 3.37. The number of fused-ring (bicyclic) bond motifs is 1. The number of aryl methyl sites for hydroxylation is 1. The molecule has 1 atom stereocenters. The van der Waals surface area contributed by atoms with Crippen molar-refractivity contribution < 1.29 is 4.74 Å². The third-order valence-corrected chi connectivity index (χ3v) is 5.73. The fraction of sp³-hybridized carbons (Fsp3) is 0.533. The third kappa shape index (κ3) is 2.56. The lowest BCUT2D eigenvalue weighted by Gasteiger charge is -2.34. The first-order chi connectivity index (χ1) is 11.1. The highest BCUT2D eigenvalue weighted by Crippen LogP contribution is 2.32. The van der Waals surface area contributed by atoms with Gasteiger partial charge in [-0.3, -0.25) is 19.1 Å². The molecule has 0 unspecified atom stereocenters. The van der Waals surface area contributed by atoms with E-state index in [1.165, 1.54) is 15.0 Å². The summed E-state index contributed by atoms with van der Waals surface area (Å²) < 4.78 is 7.52. The number of H-pyrrole nitrogens is 1. The van der Waals surface area contributed by atoms with Gasteiger partial charge in [-0.05, 0) is 30.4 Å². The Bertz CT molecular complexity index is 855. The maximum absolute atomic E-state index is 12.0. The summed E-state index contributed by atoms with van der Waals surface area (Å²) in [6.45, 7) is 5.39. The Balaban J connectivity index is 1.55. The van der Waals surface area contributed by atoms with Crippen molar-refractivity contribution in [2.75, 3.05) is 13.1 Å². The molecule has 1 N–H and O–H groups in total. The molecule has 2 aromatic heterocycles. The number of aromatic amines is 1. The van der Waals surface area contributed by atoms with Crippen LogP contribution in [0.5, 0.6) is 0 Å². The van der Waals surface area contributed by atoms with Crippen molar-refractivity contribution in [1.82, 2.24) is 19.7 Å². The van der Waals surface area contributed by atoms with Crippen molar-refractivity contribution in [1.29, 1.82) is 0 Å². The standard InChI is InChI=1S/C15H18N4O3S/c1-10-2-5-23-11(10)6-18-4-3-15(8-18)9-19-12(7-22-15)16-17-13(20)14(19)21/h2,5H,3-4,6-9H2,1H3,(H,17,20)/t15-/m0/s1. The zero-order valence-corrected chi connectivity index (χ0v) is 13.7. The molecule has 0 radical (unpaired) electrons. The van der Waals surface area contributed by atoms with E-state index in [2.05, 4.69) is 33.5 Å². The summed E-state index contributed by atoms with van der Waals surface area (Å²) in [7, 11) is 0. The SMILES string of the molecule is Cc1ccsc1CN1CC[C@]2(C1)Cn1c(n[nH]c(=O)c1=O)CO2. The van der Waals surface area contributed by atoms with E-state index in [0.29, 0.717) is 12.4 Å². The van der Waals surface area contributed by atoms with Crippen LogP contribution in [0.25, 0.3) is 0 Å². The maximum Gasteiger partial charge on any atom is 0.330 e. The summed E-state index contributed by atoms with van der Waals surface area (Å²) in [5.74, 6) is 0.493. The normalized spacial score (nSPS) is 24.2. The third-order valence-electron chi connectivity index (χ3n) is 4.72. The molecule has 0 aliphatic carbocycles. The summed E-state index contributed by atoms with van der Waals surface area (Å²) in [4.78, 5) is 27.3. The van der Waals surface area contributed by atoms with Gasteiger partial charge in [-0.25, -0.2) is 5.10 Å². The largest absolute Gasteiger partial charge is 0.364 e. The second-order valence-corrected chi connectivity index (χ2v) is 7.32. The van der Waals surface area contributed by atoms with Crippen molar-refractivity contribution in [3.63, 3.8) is 0 Å². The van der Waals surface area contributed by atoms with Gasteiger partial charge in [0.25, 0.3) is 0 Å². The number of nitrogens with one attached hydrogen (secondary N) is 1. The molecule has 0 saturated carbocycles. The molecule has 1 spiro atoms. The molecule has 4 rings (SSSR count). The van der Waals surface area contributed by atoms with Crippen molar-refractivity contribution >= 4 is 11.3 Å². The zero-order valence-electron chi connectivity index (χ0n) is 12.9. The maximum atomic E-state index is 12.0. The molecule has 1 fully saturated rings. The first-order valence-corrected chi connectivity index (χ1v) is 8.52. The minimum atomic E-state index is -0.671. The lowest BCUT2D eigenvalue weighted by molar-refractivity contribution is -0.0853. The molecule has 2 aromatic rings. The number of nitrogens with zero attached hydrogens (tertiary/aromatic N) is 3. The van der Waals surface area contributed by atoms with E-state index in [0.717, 1.165) is 26.1 Å². The van der Waals surface area contributed by atoms with Gasteiger partial charge in [0.05, 0.1) is 6.54 Å². The number of ether oxygens (including phenoxy) is 1. The Morgan fingerprint density at radius 3 is 3.09 bits per heavy atom. The number of rotatable bonds is 2. The van der Waals surface area contributed by atoms with E-state index in [1.54, 1.807) is 11.3 Å². The van der Waals surface area contributed by atoms with Gasteiger partial charge < -0.3 is 4.74 Å². The Labute approximate surface area is 136 Å². The smallest absolute Gasteiger partial charge is 0.330 e. The summed E-state index contributed by atoms with van der Waals surface area (Å²) in [6, 6.07) is 2.14. The average molecular weight is 334 g/mol. The van der Waals surface area contributed by atoms with Gasteiger partial charge in [-0.15, -0.1) is 11.3 Å². The number of hydrogen-bond acceptors (Lipinski definition) is 6. The molecule has 122 valence electrons. The monoisotopic (exact) mass is 334 g/mol. The van der Waals surface area contributed by atoms with Crippen LogP contribution in [0, 0.1) is 6.92 Å². The van der Waals surface area contributed by atoms with Crippen LogP contribution < -0.4 is 11.1 Å². The zero-order chi connectivity index (χ0) is 16.0. The topological polar surface area (TPSA) is 80.2 Å². The average Bonchev–Trinajstić information content (AvgIpc) is 3.12. The Morgan fingerprint density at radius 1 is 1.43 bits per heavy atom. The first-order valence-electron chi connectivity index (χ1n) is 7.64. The van der Waals surface area contributed by atoms with Crippen LogP contribution in [0.1, 0.15) is 22.7 Å². The quantitative estimate of drug-likeness (QED) is 0.808. The Morgan fingerprint density at radius 2 is 2.30 bits per heavy atom. The van der Waals surface area contributed by atoms with E-state index in [-0.39, 0.29) is 6.61 Å².